The Bertz CT molecular complexity index is 2580. The van der Waals surface area contributed by atoms with Crippen molar-refractivity contribution in [2.24, 2.45) is 0 Å². The summed E-state index contributed by atoms with van der Waals surface area (Å²) in [4.78, 5) is 0. The average molecular weight is 611 g/mol. The molecule has 0 bridgehead atoms. The van der Waals surface area contributed by atoms with E-state index in [1.54, 1.807) is 0 Å². The minimum Gasteiger partial charge on any atom is -0.456 e. The standard InChI is InChI=1S/C44H38N2O/c1-2-3-4-5-6-7-15-30-16-14-17-31(28-30)45-39-21-11-8-18-33(39)36-25-26-37-34-19-9-12-22-40(34)46(44(37)43(36)45)32-24-27-42-38(29-32)35-20-10-13-23-41(35)47-42/h8-14,16-29H,2-7,15H2,1H3. The van der Waals surface area contributed by atoms with Gasteiger partial charge in [-0.1, -0.05) is 118 Å². The fourth-order valence-electron chi connectivity index (χ4n) is 7.85. The van der Waals surface area contributed by atoms with Gasteiger partial charge in [0.05, 0.1) is 22.1 Å². The molecule has 0 amide bonds. The van der Waals surface area contributed by atoms with Crippen LogP contribution in [0.2, 0.25) is 0 Å². The van der Waals surface area contributed by atoms with Crippen molar-refractivity contribution in [3.63, 3.8) is 0 Å². The number of unbranched alkanes of at least 4 members (excludes halogenated alkanes) is 5. The quantitative estimate of drug-likeness (QED) is 0.149. The molecule has 0 N–H and O–H groups in total. The van der Waals surface area contributed by atoms with Crippen molar-refractivity contribution in [2.45, 2.75) is 51.9 Å². The molecule has 3 heterocycles. The largest absolute Gasteiger partial charge is 0.456 e. The molecule has 0 aliphatic carbocycles. The van der Waals surface area contributed by atoms with E-state index >= 15 is 0 Å². The van der Waals surface area contributed by atoms with Gasteiger partial charge in [0.1, 0.15) is 11.2 Å². The number of aryl methyl sites for hydroxylation is 1. The lowest BCUT2D eigenvalue weighted by Crippen LogP contribution is -1.99. The van der Waals surface area contributed by atoms with Gasteiger partial charge in [-0.3, -0.25) is 0 Å². The number of aromatic nitrogens is 2. The van der Waals surface area contributed by atoms with Gasteiger partial charge in [-0.05, 0) is 66.9 Å². The van der Waals surface area contributed by atoms with E-state index < -0.39 is 0 Å². The SMILES string of the molecule is CCCCCCCCc1cccc(-n2c3ccccc3c3ccc4c5ccccc5n(-c5ccc6oc7ccccc7c6c5)c4c32)c1. The lowest BCUT2D eigenvalue weighted by Gasteiger charge is -2.13. The minimum atomic E-state index is 0.914. The van der Waals surface area contributed by atoms with E-state index in [2.05, 4.69) is 137 Å². The molecule has 9 rings (SSSR count). The van der Waals surface area contributed by atoms with E-state index in [1.165, 1.54) is 93.4 Å². The van der Waals surface area contributed by atoms with Crippen molar-refractivity contribution in [1.82, 2.24) is 9.13 Å². The normalized spacial score (nSPS) is 12.1. The lowest BCUT2D eigenvalue weighted by atomic mass is 10.0. The first-order valence-electron chi connectivity index (χ1n) is 17.3. The summed E-state index contributed by atoms with van der Waals surface area (Å²) in [5.74, 6) is 0. The highest BCUT2D eigenvalue weighted by atomic mass is 16.3. The van der Waals surface area contributed by atoms with Crippen LogP contribution in [0.3, 0.4) is 0 Å². The van der Waals surface area contributed by atoms with Gasteiger partial charge >= 0.3 is 0 Å². The molecule has 0 fully saturated rings. The first kappa shape index (κ1) is 28.0. The molecule has 3 heteroatoms. The van der Waals surface area contributed by atoms with Gasteiger partial charge in [-0.2, -0.15) is 0 Å². The average Bonchev–Trinajstić information content (AvgIpc) is 3.77. The summed E-state index contributed by atoms with van der Waals surface area (Å²) in [6.07, 6.45) is 8.99. The Kier molecular flexibility index (Phi) is 6.85. The fourth-order valence-corrected chi connectivity index (χ4v) is 7.85. The zero-order chi connectivity index (χ0) is 31.3. The van der Waals surface area contributed by atoms with Crippen LogP contribution in [0, 0.1) is 0 Å². The number of fused-ring (bicyclic) bond motifs is 10. The Balaban J connectivity index is 1.30. The Morgan fingerprint density at radius 1 is 0.447 bits per heavy atom. The van der Waals surface area contributed by atoms with Gasteiger partial charge in [0, 0.05) is 43.7 Å². The predicted molar refractivity (Wildman–Crippen MR) is 199 cm³/mol. The second kappa shape index (κ2) is 11.5. The molecule has 0 atom stereocenters. The Labute approximate surface area is 274 Å². The fraction of sp³-hybridized carbons (Fsp3) is 0.182. The van der Waals surface area contributed by atoms with Crippen LogP contribution in [0.1, 0.15) is 51.0 Å². The monoisotopic (exact) mass is 610 g/mol. The van der Waals surface area contributed by atoms with Crippen molar-refractivity contribution in [3.8, 4) is 11.4 Å². The number of rotatable bonds is 9. The van der Waals surface area contributed by atoms with Gasteiger partial charge in [0.15, 0.2) is 0 Å². The van der Waals surface area contributed by atoms with Crippen molar-refractivity contribution in [1.29, 1.82) is 0 Å². The van der Waals surface area contributed by atoms with Gasteiger partial charge in [-0.15, -0.1) is 0 Å². The molecule has 0 aliphatic rings. The highest BCUT2D eigenvalue weighted by Crippen LogP contribution is 2.42. The van der Waals surface area contributed by atoms with E-state index in [9.17, 15) is 0 Å². The summed E-state index contributed by atoms with van der Waals surface area (Å²) in [7, 11) is 0. The van der Waals surface area contributed by atoms with Crippen LogP contribution in [0.15, 0.2) is 132 Å². The number of hydrogen-bond donors (Lipinski definition) is 0. The lowest BCUT2D eigenvalue weighted by molar-refractivity contribution is 0.607. The molecule has 0 radical (unpaired) electrons. The molecule has 47 heavy (non-hydrogen) atoms. The highest BCUT2D eigenvalue weighted by molar-refractivity contribution is 6.24. The molecule has 6 aromatic carbocycles. The van der Waals surface area contributed by atoms with Crippen LogP contribution in [0.5, 0.6) is 0 Å². The van der Waals surface area contributed by atoms with Crippen LogP contribution in [0.25, 0.3) is 76.9 Å². The van der Waals surface area contributed by atoms with Crippen molar-refractivity contribution in [3.05, 3.63) is 133 Å². The first-order chi connectivity index (χ1) is 23.3. The summed E-state index contributed by atoms with van der Waals surface area (Å²) in [6, 6.07) is 46.6. The summed E-state index contributed by atoms with van der Waals surface area (Å²) in [5.41, 5.74) is 10.5. The van der Waals surface area contributed by atoms with Gasteiger partial charge in [0.2, 0.25) is 0 Å². The molecular formula is C44H38N2O. The highest BCUT2D eigenvalue weighted by Gasteiger charge is 2.21. The Hall–Kier alpha value is -5.28. The molecule has 3 nitrogen and oxygen atoms in total. The first-order valence-corrected chi connectivity index (χ1v) is 17.3. The molecule has 0 saturated heterocycles. The summed E-state index contributed by atoms with van der Waals surface area (Å²) in [6.45, 7) is 2.28. The maximum Gasteiger partial charge on any atom is 0.135 e. The molecule has 3 aromatic heterocycles. The maximum absolute atomic E-state index is 6.24. The van der Waals surface area contributed by atoms with E-state index in [-0.39, 0.29) is 0 Å². The van der Waals surface area contributed by atoms with Crippen molar-refractivity contribution >= 4 is 65.6 Å². The smallest absolute Gasteiger partial charge is 0.135 e. The molecule has 0 unspecified atom stereocenters. The third kappa shape index (κ3) is 4.56. The van der Waals surface area contributed by atoms with Gasteiger partial charge < -0.3 is 13.6 Å². The van der Waals surface area contributed by atoms with Crippen molar-refractivity contribution < 1.29 is 4.42 Å². The second-order valence-corrected chi connectivity index (χ2v) is 13.0. The third-order valence-electron chi connectivity index (χ3n) is 10.1. The van der Waals surface area contributed by atoms with E-state index in [4.69, 9.17) is 4.42 Å². The number of benzene rings is 6. The van der Waals surface area contributed by atoms with E-state index in [1.807, 2.05) is 6.07 Å². The van der Waals surface area contributed by atoms with Crippen molar-refractivity contribution in [2.75, 3.05) is 0 Å². The zero-order valence-electron chi connectivity index (χ0n) is 26.9. The number of furan rings is 1. The molecule has 9 aromatic rings. The van der Waals surface area contributed by atoms with Crippen LogP contribution >= 0.6 is 0 Å². The van der Waals surface area contributed by atoms with Crippen LogP contribution in [0.4, 0.5) is 0 Å². The summed E-state index contributed by atoms with van der Waals surface area (Å²) >= 11 is 0. The van der Waals surface area contributed by atoms with Crippen LogP contribution in [-0.2, 0) is 6.42 Å². The second-order valence-electron chi connectivity index (χ2n) is 13.0. The molecule has 0 saturated carbocycles. The van der Waals surface area contributed by atoms with Gasteiger partial charge in [0.25, 0.3) is 0 Å². The predicted octanol–water partition coefficient (Wildman–Crippen LogP) is 12.7. The van der Waals surface area contributed by atoms with Crippen LogP contribution in [-0.4, -0.2) is 9.13 Å². The van der Waals surface area contributed by atoms with Gasteiger partial charge in [-0.25, -0.2) is 0 Å². The van der Waals surface area contributed by atoms with Crippen LogP contribution < -0.4 is 0 Å². The Morgan fingerprint density at radius 2 is 1.04 bits per heavy atom. The molecular weight excluding hydrogens is 572 g/mol. The maximum atomic E-state index is 6.24. The third-order valence-corrected chi connectivity index (χ3v) is 10.1. The van der Waals surface area contributed by atoms with E-state index in [0.29, 0.717) is 0 Å². The Morgan fingerprint density at radius 3 is 1.77 bits per heavy atom. The number of nitrogens with zero attached hydrogens (tertiary/aromatic N) is 2. The summed E-state index contributed by atoms with van der Waals surface area (Å²) in [5, 5.41) is 7.35. The zero-order valence-corrected chi connectivity index (χ0v) is 26.9. The van der Waals surface area contributed by atoms with E-state index in [0.717, 1.165) is 34.0 Å². The minimum absolute atomic E-state index is 0.914. The number of para-hydroxylation sites is 3. The molecule has 230 valence electrons. The topological polar surface area (TPSA) is 23.0 Å². The molecule has 0 aliphatic heterocycles. The number of hydrogen-bond acceptors (Lipinski definition) is 1. The molecule has 0 spiro atoms. The summed E-state index contributed by atoms with van der Waals surface area (Å²) < 4.78 is 11.2.